The van der Waals surface area contributed by atoms with Crippen molar-refractivity contribution in [1.29, 1.82) is 0 Å². The molecule has 1 fully saturated rings. The second-order valence-corrected chi connectivity index (χ2v) is 7.27. The predicted molar refractivity (Wildman–Crippen MR) is 113 cm³/mol. The molecule has 1 saturated heterocycles. The normalized spacial score (nSPS) is 14.5. The van der Waals surface area contributed by atoms with Crippen molar-refractivity contribution in [2.45, 2.75) is 13.8 Å². The molecule has 0 bridgehead atoms. The van der Waals surface area contributed by atoms with E-state index in [0.29, 0.717) is 30.9 Å². The van der Waals surface area contributed by atoms with Gasteiger partial charge in [-0.3, -0.25) is 14.5 Å². The van der Waals surface area contributed by atoms with Gasteiger partial charge in [-0.05, 0) is 38.1 Å². The summed E-state index contributed by atoms with van der Waals surface area (Å²) in [7, 11) is 0. The minimum absolute atomic E-state index is 0.00874. The number of carbonyl (C=O) groups is 2. The highest BCUT2D eigenvalue weighted by atomic mass is 16.2. The summed E-state index contributed by atoms with van der Waals surface area (Å²) in [5, 5.41) is 2.95. The predicted octanol–water partition coefficient (Wildman–Crippen LogP) is 0.326. The van der Waals surface area contributed by atoms with Gasteiger partial charge in [0.2, 0.25) is 0 Å². The van der Waals surface area contributed by atoms with Crippen LogP contribution in [0.3, 0.4) is 0 Å². The molecule has 7 heteroatoms. The van der Waals surface area contributed by atoms with Crippen molar-refractivity contribution in [2.75, 3.05) is 56.0 Å². The van der Waals surface area contributed by atoms with Crippen molar-refractivity contribution in [3.63, 3.8) is 0 Å². The van der Waals surface area contributed by atoms with E-state index < -0.39 is 0 Å². The number of hydrogen-bond donors (Lipinski definition) is 2. The fraction of sp³-hybridized carbons (Fsp3) is 0.409. The van der Waals surface area contributed by atoms with Crippen LogP contribution >= 0.6 is 0 Å². The van der Waals surface area contributed by atoms with Gasteiger partial charge in [0.15, 0.2) is 6.54 Å². The zero-order chi connectivity index (χ0) is 20.6. The van der Waals surface area contributed by atoms with Crippen LogP contribution in [0.2, 0.25) is 0 Å². The maximum absolute atomic E-state index is 12.5. The van der Waals surface area contributed by atoms with Crippen molar-refractivity contribution in [2.24, 2.45) is 0 Å². The Morgan fingerprint density at radius 2 is 1.86 bits per heavy atom. The number of piperazine rings is 1. The SMILES string of the molecule is CCN(CC)C(=O)c1cccc(NC(=O)C[NH+]2CCN(c3cccc[nH+]3)CC2)c1. The number of amides is 2. The highest BCUT2D eigenvalue weighted by Crippen LogP contribution is 2.13. The molecule has 2 aromatic rings. The summed E-state index contributed by atoms with van der Waals surface area (Å²) >= 11 is 0. The number of rotatable bonds is 7. The Morgan fingerprint density at radius 1 is 1.10 bits per heavy atom. The molecule has 7 nitrogen and oxygen atoms in total. The van der Waals surface area contributed by atoms with E-state index in [1.807, 2.05) is 44.3 Å². The van der Waals surface area contributed by atoms with Crippen LogP contribution in [-0.2, 0) is 4.79 Å². The number of anilines is 2. The standard InChI is InChI=1S/C22H29N5O2/c1-3-26(4-2)22(29)18-8-7-9-19(16-18)24-21(28)17-25-12-14-27(15-13-25)20-10-5-6-11-23-20/h5-11,16H,3-4,12-15,17H2,1-2H3,(H,24,28)/p+2. The number of nitrogens with one attached hydrogen (secondary N) is 3. The Labute approximate surface area is 172 Å². The molecule has 1 aliphatic heterocycles. The Balaban J connectivity index is 1.51. The summed E-state index contributed by atoms with van der Waals surface area (Å²) in [6.07, 6.45) is 1.93. The topological polar surface area (TPSA) is 71.2 Å². The van der Waals surface area contributed by atoms with Crippen LogP contribution in [0.25, 0.3) is 0 Å². The van der Waals surface area contributed by atoms with Gasteiger partial charge in [-0.1, -0.05) is 12.1 Å². The minimum atomic E-state index is -0.0211. The number of aromatic nitrogens is 1. The number of quaternary nitrogens is 1. The minimum Gasteiger partial charge on any atom is -0.339 e. The fourth-order valence-electron chi connectivity index (χ4n) is 3.68. The molecule has 3 N–H and O–H groups in total. The average molecular weight is 398 g/mol. The van der Waals surface area contributed by atoms with Gasteiger partial charge < -0.3 is 15.1 Å². The van der Waals surface area contributed by atoms with Gasteiger partial charge in [0, 0.05) is 30.4 Å². The Kier molecular flexibility index (Phi) is 7.19. The summed E-state index contributed by atoms with van der Waals surface area (Å²) in [5.41, 5.74) is 1.27. The highest BCUT2D eigenvalue weighted by Gasteiger charge is 2.27. The lowest BCUT2D eigenvalue weighted by atomic mass is 10.1. The smallest absolute Gasteiger partial charge is 0.279 e. The maximum atomic E-state index is 12.5. The van der Waals surface area contributed by atoms with Crippen LogP contribution in [0, 0.1) is 0 Å². The van der Waals surface area contributed by atoms with E-state index in [0.717, 1.165) is 32.0 Å². The van der Waals surface area contributed by atoms with Crippen LogP contribution in [0.15, 0.2) is 48.7 Å². The van der Waals surface area contributed by atoms with Crippen LogP contribution in [0.4, 0.5) is 11.5 Å². The summed E-state index contributed by atoms with van der Waals surface area (Å²) in [6, 6.07) is 13.3. The molecule has 1 aliphatic rings. The molecule has 0 atom stereocenters. The van der Waals surface area contributed by atoms with E-state index in [-0.39, 0.29) is 11.8 Å². The molecule has 0 saturated carbocycles. The molecule has 0 radical (unpaired) electrons. The highest BCUT2D eigenvalue weighted by molar-refractivity contribution is 5.97. The van der Waals surface area contributed by atoms with Gasteiger partial charge in [0.05, 0.1) is 6.20 Å². The monoisotopic (exact) mass is 397 g/mol. The van der Waals surface area contributed by atoms with Crippen LogP contribution in [0.5, 0.6) is 0 Å². The van der Waals surface area contributed by atoms with E-state index in [1.54, 1.807) is 17.0 Å². The Hall–Kier alpha value is -2.93. The lowest BCUT2D eigenvalue weighted by Gasteiger charge is -2.27. The third-order valence-electron chi connectivity index (χ3n) is 5.36. The van der Waals surface area contributed by atoms with E-state index in [4.69, 9.17) is 0 Å². The first-order chi connectivity index (χ1) is 14.1. The number of pyridine rings is 1. The number of aromatic amines is 1. The Bertz CT molecular complexity index is 815. The molecule has 29 heavy (non-hydrogen) atoms. The van der Waals surface area contributed by atoms with Gasteiger partial charge in [-0.15, -0.1) is 0 Å². The Morgan fingerprint density at radius 3 is 2.52 bits per heavy atom. The first-order valence-corrected chi connectivity index (χ1v) is 10.3. The molecule has 0 unspecified atom stereocenters. The maximum Gasteiger partial charge on any atom is 0.279 e. The summed E-state index contributed by atoms with van der Waals surface area (Å²) in [5.74, 6) is 1.09. The van der Waals surface area contributed by atoms with E-state index in [1.165, 1.54) is 4.90 Å². The number of H-pyrrole nitrogens is 1. The third kappa shape index (κ3) is 5.54. The molecule has 2 heterocycles. The fourth-order valence-corrected chi connectivity index (χ4v) is 3.68. The summed E-state index contributed by atoms with van der Waals surface area (Å²) in [6.45, 7) is 9.35. The molecule has 1 aromatic carbocycles. The second-order valence-electron chi connectivity index (χ2n) is 7.27. The third-order valence-corrected chi connectivity index (χ3v) is 5.36. The molecule has 0 spiro atoms. The van der Waals surface area contributed by atoms with E-state index >= 15 is 0 Å². The number of hydrogen-bond acceptors (Lipinski definition) is 3. The van der Waals surface area contributed by atoms with Gasteiger partial charge in [0.25, 0.3) is 17.6 Å². The molecular formula is C22H31N5O2+2. The van der Waals surface area contributed by atoms with Crippen molar-refractivity contribution in [1.82, 2.24) is 4.90 Å². The molecule has 1 aromatic heterocycles. The van der Waals surface area contributed by atoms with Gasteiger partial charge in [-0.25, -0.2) is 4.98 Å². The van der Waals surface area contributed by atoms with Crippen LogP contribution in [-0.4, -0.2) is 62.5 Å². The second kappa shape index (κ2) is 10.0. The lowest BCUT2D eigenvalue weighted by Crippen LogP contribution is -3.15. The van der Waals surface area contributed by atoms with Gasteiger partial charge >= 0.3 is 0 Å². The lowest BCUT2D eigenvalue weighted by molar-refractivity contribution is -0.892. The van der Waals surface area contributed by atoms with Crippen molar-refractivity contribution < 1.29 is 19.5 Å². The number of carbonyl (C=O) groups excluding carboxylic acids is 2. The first kappa shape index (κ1) is 20.8. The molecule has 2 amide bonds. The van der Waals surface area contributed by atoms with Crippen molar-refractivity contribution in [3.05, 3.63) is 54.2 Å². The van der Waals surface area contributed by atoms with Gasteiger partial charge in [-0.2, -0.15) is 0 Å². The zero-order valence-electron chi connectivity index (χ0n) is 17.3. The zero-order valence-corrected chi connectivity index (χ0v) is 17.3. The average Bonchev–Trinajstić information content (AvgIpc) is 2.76. The quantitative estimate of drug-likeness (QED) is 0.707. The van der Waals surface area contributed by atoms with Crippen LogP contribution < -0.4 is 20.1 Å². The number of nitrogens with zero attached hydrogens (tertiary/aromatic N) is 2. The molecule has 3 rings (SSSR count). The molecule has 0 aliphatic carbocycles. The summed E-state index contributed by atoms with van der Waals surface area (Å²) in [4.78, 5) is 33.6. The largest absolute Gasteiger partial charge is 0.339 e. The number of benzene rings is 1. The van der Waals surface area contributed by atoms with E-state index in [9.17, 15) is 9.59 Å². The van der Waals surface area contributed by atoms with Crippen molar-refractivity contribution in [3.8, 4) is 0 Å². The molecule has 154 valence electrons. The van der Waals surface area contributed by atoms with Crippen molar-refractivity contribution >= 4 is 23.3 Å². The first-order valence-electron chi connectivity index (χ1n) is 10.3. The molecular weight excluding hydrogens is 366 g/mol. The van der Waals surface area contributed by atoms with Crippen LogP contribution in [0.1, 0.15) is 24.2 Å². The van der Waals surface area contributed by atoms with Gasteiger partial charge in [0.1, 0.15) is 26.2 Å². The van der Waals surface area contributed by atoms with E-state index in [2.05, 4.69) is 21.3 Å². The summed E-state index contributed by atoms with van der Waals surface area (Å²) < 4.78 is 0.